The van der Waals surface area contributed by atoms with E-state index in [1.165, 1.54) is 30.5 Å². The predicted molar refractivity (Wildman–Crippen MR) is 63.1 cm³/mol. The Hall–Kier alpha value is -0.820. The summed E-state index contributed by atoms with van der Waals surface area (Å²) < 4.78 is 0. The van der Waals surface area contributed by atoms with E-state index in [2.05, 4.69) is 37.4 Å². The van der Waals surface area contributed by atoms with Crippen molar-refractivity contribution in [1.82, 2.24) is 5.32 Å². The van der Waals surface area contributed by atoms with Crippen molar-refractivity contribution in [3.05, 3.63) is 34.9 Å². The summed E-state index contributed by atoms with van der Waals surface area (Å²) in [5.41, 5.74) is 5.20. The first kappa shape index (κ1) is 9.41. The van der Waals surface area contributed by atoms with Gasteiger partial charge in [-0.15, -0.1) is 0 Å². The first-order chi connectivity index (χ1) is 7.21. The van der Waals surface area contributed by atoms with Gasteiger partial charge < -0.3 is 5.32 Å². The third kappa shape index (κ3) is 1.41. The maximum absolute atomic E-state index is 3.54. The molecule has 1 aromatic carbocycles. The molecule has 1 N–H and O–H groups in total. The minimum Gasteiger partial charge on any atom is -0.312 e. The van der Waals surface area contributed by atoms with E-state index < -0.39 is 0 Å². The second-order valence-corrected chi connectivity index (χ2v) is 5.46. The smallest absolute Gasteiger partial charge is 0.0208 e. The lowest BCUT2D eigenvalue weighted by Gasteiger charge is -2.27. The lowest BCUT2D eigenvalue weighted by Crippen LogP contribution is -2.33. The highest BCUT2D eigenvalue weighted by Crippen LogP contribution is 2.50. The molecule has 1 aromatic rings. The summed E-state index contributed by atoms with van der Waals surface area (Å²) >= 11 is 0. The second-order valence-electron chi connectivity index (χ2n) is 5.46. The molecular formula is C14H19N. The summed E-state index contributed by atoms with van der Waals surface area (Å²) in [7, 11) is 0. The molecule has 15 heavy (non-hydrogen) atoms. The first-order valence-corrected chi connectivity index (χ1v) is 6.05. The fraction of sp³-hybridized carbons (Fsp3) is 0.571. The Morgan fingerprint density at radius 1 is 1.27 bits per heavy atom. The number of rotatable bonds is 1. The van der Waals surface area contributed by atoms with Crippen LogP contribution in [0, 0.1) is 0 Å². The zero-order valence-electron chi connectivity index (χ0n) is 9.64. The van der Waals surface area contributed by atoms with E-state index in [1.807, 2.05) is 0 Å². The Morgan fingerprint density at radius 2 is 2.07 bits per heavy atom. The molecule has 1 fully saturated rings. The van der Waals surface area contributed by atoms with Gasteiger partial charge in [-0.2, -0.15) is 0 Å². The van der Waals surface area contributed by atoms with Crippen molar-refractivity contribution in [2.75, 3.05) is 6.54 Å². The average Bonchev–Trinajstić information content (AvgIpc) is 2.99. The van der Waals surface area contributed by atoms with Gasteiger partial charge in [0, 0.05) is 18.5 Å². The van der Waals surface area contributed by atoms with Gasteiger partial charge in [-0.3, -0.25) is 0 Å². The van der Waals surface area contributed by atoms with E-state index in [4.69, 9.17) is 0 Å². The van der Waals surface area contributed by atoms with E-state index in [1.54, 1.807) is 5.56 Å². The second kappa shape index (κ2) is 3.08. The van der Waals surface area contributed by atoms with Crippen molar-refractivity contribution >= 4 is 0 Å². The summed E-state index contributed by atoms with van der Waals surface area (Å²) in [6.45, 7) is 6.82. The lowest BCUT2D eigenvalue weighted by molar-refractivity contribution is 0.530. The minimum absolute atomic E-state index is 0.526. The van der Waals surface area contributed by atoms with Crippen LogP contribution in [0.25, 0.3) is 0 Å². The molecule has 1 aliphatic carbocycles. The molecule has 1 heteroatoms. The van der Waals surface area contributed by atoms with Gasteiger partial charge in [0.15, 0.2) is 0 Å². The van der Waals surface area contributed by atoms with Gasteiger partial charge in [-0.05, 0) is 35.4 Å². The van der Waals surface area contributed by atoms with Gasteiger partial charge in [0.2, 0.25) is 0 Å². The van der Waals surface area contributed by atoms with Crippen molar-refractivity contribution < 1.29 is 0 Å². The van der Waals surface area contributed by atoms with E-state index >= 15 is 0 Å². The lowest BCUT2D eigenvalue weighted by atomic mass is 9.85. The van der Waals surface area contributed by atoms with Crippen LogP contribution in [0.2, 0.25) is 0 Å². The highest BCUT2D eigenvalue weighted by Gasteiger charge is 2.46. The Morgan fingerprint density at radius 3 is 2.73 bits per heavy atom. The Balaban J connectivity index is 2.08. The fourth-order valence-corrected chi connectivity index (χ4v) is 2.73. The minimum atomic E-state index is 0.526. The van der Waals surface area contributed by atoms with Crippen LogP contribution in [0.3, 0.4) is 0 Å². The van der Waals surface area contributed by atoms with Crippen molar-refractivity contribution in [3.63, 3.8) is 0 Å². The summed E-state index contributed by atoms with van der Waals surface area (Å²) in [5.74, 6) is 0.654. The average molecular weight is 201 g/mol. The molecule has 1 spiro atoms. The van der Waals surface area contributed by atoms with Crippen molar-refractivity contribution in [3.8, 4) is 0 Å². The molecule has 1 saturated carbocycles. The molecule has 1 nitrogen and oxygen atoms in total. The summed E-state index contributed by atoms with van der Waals surface area (Å²) in [6.07, 6.45) is 2.77. The number of benzene rings is 1. The van der Waals surface area contributed by atoms with Gasteiger partial charge >= 0.3 is 0 Å². The van der Waals surface area contributed by atoms with E-state index in [-0.39, 0.29) is 0 Å². The van der Waals surface area contributed by atoms with Gasteiger partial charge in [-0.1, -0.05) is 32.0 Å². The molecule has 80 valence electrons. The highest BCUT2D eigenvalue weighted by molar-refractivity contribution is 5.44. The summed E-state index contributed by atoms with van der Waals surface area (Å²) in [6, 6.07) is 7.09. The molecule has 3 rings (SSSR count). The molecule has 0 radical (unpaired) electrons. The number of hydrogen-bond donors (Lipinski definition) is 1. The van der Waals surface area contributed by atoms with E-state index in [9.17, 15) is 0 Å². The van der Waals surface area contributed by atoms with Crippen molar-refractivity contribution in [2.45, 2.75) is 44.6 Å². The molecule has 0 amide bonds. The van der Waals surface area contributed by atoms with Crippen LogP contribution in [0.4, 0.5) is 0 Å². The standard InChI is InChI=1S/C14H19N/c1-10(2)11-3-4-12-8-15-9-14(5-6-14)13(12)7-11/h3-4,7,10,15H,5-6,8-9H2,1-2H3. The van der Waals surface area contributed by atoms with Crippen molar-refractivity contribution in [2.24, 2.45) is 0 Å². The van der Waals surface area contributed by atoms with Crippen LogP contribution < -0.4 is 5.32 Å². The maximum Gasteiger partial charge on any atom is 0.0208 e. The number of nitrogens with one attached hydrogen (secondary N) is 1. The molecular weight excluding hydrogens is 182 g/mol. The van der Waals surface area contributed by atoms with E-state index in [0.29, 0.717) is 11.3 Å². The van der Waals surface area contributed by atoms with Crippen molar-refractivity contribution in [1.29, 1.82) is 0 Å². The number of hydrogen-bond acceptors (Lipinski definition) is 1. The third-order valence-electron chi connectivity index (χ3n) is 4.00. The molecule has 0 bridgehead atoms. The van der Waals surface area contributed by atoms with Crippen LogP contribution in [0.1, 0.15) is 49.3 Å². The number of fused-ring (bicyclic) bond motifs is 2. The fourth-order valence-electron chi connectivity index (χ4n) is 2.73. The van der Waals surface area contributed by atoms with Crippen LogP contribution in [0.15, 0.2) is 18.2 Å². The van der Waals surface area contributed by atoms with Crippen LogP contribution in [-0.2, 0) is 12.0 Å². The Kier molecular flexibility index (Phi) is 1.93. The molecule has 2 aliphatic rings. The van der Waals surface area contributed by atoms with Crippen LogP contribution >= 0.6 is 0 Å². The van der Waals surface area contributed by atoms with Crippen LogP contribution in [0.5, 0.6) is 0 Å². The normalized spacial score (nSPS) is 21.8. The van der Waals surface area contributed by atoms with Gasteiger partial charge in [0.1, 0.15) is 0 Å². The topological polar surface area (TPSA) is 12.0 Å². The Labute approximate surface area is 91.9 Å². The SMILES string of the molecule is CC(C)c1ccc2c(c1)C1(CC1)CNC2. The predicted octanol–water partition coefficient (Wildman–Crippen LogP) is 2.94. The summed E-state index contributed by atoms with van der Waals surface area (Å²) in [4.78, 5) is 0. The maximum atomic E-state index is 3.54. The van der Waals surface area contributed by atoms with E-state index in [0.717, 1.165) is 6.54 Å². The molecule has 1 heterocycles. The molecule has 0 saturated heterocycles. The zero-order chi connectivity index (χ0) is 10.5. The third-order valence-corrected chi connectivity index (χ3v) is 4.00. The Bertz CT molecular complexity index is 388. The van der Waals surface area contributed by atoms with Gasteiger partial charge in [0.25, 0.3) is 0 Å². The van der Waals surface area contributed by atoms with Crippen LogP contribution in [-0.4, -0.2) is 6.54 Å². The highest BCUT2D eigenvalue weighted by atomic mass is 14.9. The monoisotopic (exact) mass is 201 g/mol. The van der Waals surface area contributed by atoms with Gasteiger partial charge in [-0.25, -0.2) is 0 Å². The van der Waals surface area contributed by atoms with Gasteiger partial charge in [0.05, 0.1) is 0 Å². The molecule has 0 aromatic heterocycles. The molecule has 0 unspecified atom stereocenters. The first-order valence-electron chi connectivity index (χ1n) is 6.05. The molecule has 1 aliphatic heterocycles. The largest absolute Gasteiger partial charge is 0.312 e. The molecule has 0 atom stereocenters. The zero-order valence-corrected chi connectivity index (χ0v) is 9.64. The quantitative estimate of drug-likeness (QED) is 0.736. The summed E-state index contributed by atoms with van der Waals surface area (Å²) in [5, 5.41) is 3.54.